The fourth-order valence-electron chi connectivity index (χ4n) is 0.445. The van der Waals surface area contributed by atoms with Gasteiger partial charge in [0, 0.05) is 5.92 Å². The fourth-order valence-corrected chi connectivity index (χ4v) is 2.19. The molecule has 10 heavy (non-hydrogen) atoms. The summed E-state index contributed by atoms with van der Waals surface area (Å²) in [6.45, 7) is 1.82. The van der Waals surface area contributed by atoms with E-state index in [1.807, 2.05) is 6.92 Å². The number of nitrogens with zero attached hydrogens (tertiary/aromatic N) is 1. The highest BCUT2D eigenvalue weighted by Gasteiger charge is 2.24. The Hall–Kier alpha value is 0.577. The van der Waals surface area contributed by atoms with E-state index in [0.717, 1.165) is 0 Å². The van der Waals surface area contributed by atoms with Crippen molar-refractivity contribution in [2.45, 2.75) is 19.4 Å². The van der Waals surface area contributed by atoms with E-state index in [1.165, 1.54) is 0 Å². The van der Waals surface area contributed by atoms with Crippen LogP contribution in [0.15, 0.2) is 0 Å². The molecule has 0 spiro atoms. The molecule has 0 heterocycles. The van der Waals surface area contributed by atoms with Crippen molar-refractivity contribution < 1.29 is 0 Å². The lowest BCUT2D eigenvalue weighted by atomic mass is 10.1. The fraction of sp³-hybridized carbons (Fsp3) is 0.800. The van der Waals surface area contributed by atoms with Gasteiger partial charge >= 0.3 is 6.00 Å². The van der Waals surface area contributed by atoms with Crippen LogP contribution in [0.3, 0.4) is 0 Å². The van der Waals surface area contributed by atoms with Crippen LogP contribution in [-0.4, -0.2) is 6.00 Å². The number of nitriles is 1. The largest absolute Gasteiger partial charge is 0.341 e. The van der Waals surface area contributed by atoms with Gasteiger partial charge in [0.2, 0.25) is 0 Å². The third-order valence-electron chi connectivity index (χ3n) is 1.08. The molecule has 0 aromatic rings. The van der Waals surface area contributed by atoms with Gasteiger partial charge < -0.3 is 0 Å². The molecule has 0 fully saturated rings. The summed E-state index contributed by atoms with van der Waals surface area (Å²) in [6, 6.07) is 0.189. The molecule has 0 unspecified atom stereocenters. The summed E-state index contributed by atoms with van der Waals surface area (Å²) in [6.07, 6.45) is 0.694. The molecule has 0 saturated carbocycles. The van der Waals surface area contributed by atoms with Crippen molar-refractivity contribution in [2.75, 3.05) is 0 Å². The molecule has 0 aliphatic heterocycles. The van der Waals surface area contributed by atoms with Crippen molar-refractivity contribution in [3.05, 3.63) is 0 Å². The van der Waals surface area contributed by atoms with Crippen molar-refractivity contribution in [3.63, 3.8) is 0 Å². The highest BCUT2D eigenvalue weighted by molar-refractivity contribution is 7.64. The lowest BCUT2D eigenvalue weighted by Gasteiger charge is -2.07. The second kappa shape index (κ2) is 4.45. The van der Waals surface area contributed by atoms with E-state index < -0.39 is 6.00 Å². The van der Waals surface area contributed by atoms with Crippen molar-refractivity contribution in [1.29, 1.82) is 5.26 Å². The highest BCUT2D eigenvalue weighted by Crippen LogP contribution is 2.27. The molecule has 0 bridgehead atoms. The molecule has 1 nitrogen and oxygen atoms in total. The Morgan fingerprint density at radius 2 is 2.00 bits per heavy atom. The summed E-state index contributed by atoms with van der Waals surface area (Å²) < 4.78 is 0. The van der Waals surface area contributed by atoms with Crippen molar-refractivity contribution in [2.24, 2.45) is 5.92 Å². The van der Waals surface area contributed by atoms with Gasteiger partial charge in [0.15, 0.2) is 0 Å². The monoisotopic (exact) mass is 215 g/mol. The van der Waals surface area contributed by atoms with Crippen LogP contribution in [0, 0.1) is 17.2 Å². The third-order valence-corrected chi connectivity index (χ3v) is 3.64. The molecule has 0 N–H and O–H groups in total. The van der Waals surface area contributed by atoms with Crippen LogP contribution in [-0.2, 0) is 0 Å². The maximum absolute atomic E-state index is 8.37. The quantitative estimate of drug-likeness (QED) is 0.525. The summed E-state index contributed by atoms with van der Waals surface area (Å²) in [7, 11) is 0. The van der Waals surface area contributed by atoms with E-state index >= 15 is 0 Å². The molecule has 0 aliphatic rings. The Morgan fingerprint density at radius 1 is 1.50 bits per heavy atom. The molecule has 58 valence electrons. The highest BCUT2D eigenvalue weighted by atomic mass is 35.8. The van der Waals surface area contributed by atoms with Gasteiger partial charge in [-0.1, -0.05) is 0 Å². The van der Waals surface area contributed by atoms with Crippen molar-refractivity contribution in [1.82, 2.24) is 0 Å². The van der Waals surface area contributed by atoms with Crippen LogP contribution in [0.5, 0.6) is 0 Å². The molecule has 0 rings (SSSR count). The zero-order valence-electron chi connectivity index (χ0n) is 5.57. The predicted molar refractivity (Wildman–Crippen MR) is 47.5 cm³/mol. The molecule has 0 radical (unpaired) electrons. The summed E-state index contributed by atoms with van der Waals surface area (Å²) in [4.78, 5) is 0. The molecule has 5 heteroatoms. The van der Waals surface area contributed by atoms with Crippen LogP contribution in [0.2, 0.25) is 6.04 Å². The van der Waals surface area contributed by atoms with Crippen LogP contribution in [0.1, 0.15) is 13.3 Å². The van der Waals surface area contributed by atoms with E-state index in [-0.39, 0.29) is 5.92 Å². The molecule has 0 aliphatic carbocycles. The first-order chi connectivity index (χ1) is 4.45. The van der Waals surface area contributed by atoms with Crippen LogP contribution in [0.4, 0.5) is 0 Å². The van der Waals surface area contributed by atoms with E-state index in [1.54, 1.807) is 0 Å². The van der Waals surface area contributed by atoms with E-state index in [2.05, 4.69) is 6.07 Å². The van der Waals surface area contributed by atoms with Gasteiger partial charge in [0.05, 0.1) is 6.07 Å². The summed E-state index contributed by atoms with van der Waals surface area (Å²) in [5.74, 6) is 0.00289. The Bertz CT molecular complexity index is 137. The molecule has 0 amide bonds. The first-order valence-electron chi connectivity index (χ1n) is 2.92. The standard InChI is InChI=1S/C5H8Cl3NSi/c1-5(4-9)2-3-10(6,7)8/h5H,2-3H2,1H3/t5-/m1/s1. The maximum Gasteiger partial charge on any atom is 0.341 e. The Balaban J connectivity index is 3.48. The van der Waals surface area contributed by atoms with E-state index in [0.29, 0.717) is 12.5 Å². The normalized spacial score (nSPS) is 14.3. The Labute approximate surface area is 76.0 Å². The zero-order valence-corrected chi connectivity index (χ0v) is 8.84. The minimum atomic E-state index is -2.47. The van der Waals surface area contributed by atoms with Gasteiger partial charge in [-0.3, -0.25) is 0 Å². The minimum Gasteiger partial charge on any atom is -0.198 e. The van der Waals surface area contributed by atoms with Gasteiger partial charge in [-0.05, 0) is 19.4 Å². The lowest BCUT2D eigenvalue weighted by molar-refractivity contribution is 0.710. The number of hydrogen-bond donors (Lipinski definition) is 0. The number of hydrogen-bond acceptors (Lipinski definition) is 1. The molecular formula is C5H8Cl3NSi. The van der Waals surface area contributed by atoms with Gasteiger partial charge in [0.25, 0.3) is 0 Å². The van der Waals surface area contributed by atoms with Crippen LogP contribution in [0.25, 0.3) is 0 Å². The maximum atomic E-state index is 8.37. The molecule has 0 aromatic carbocycles. The number of halogens is 3. The smallest absolute Gasteiger partial charge is 0.198 e. The van der Waals surface area contributed by atoms with Crippen LogP contribution >= 0.6 is 33.2 Å². The van der Waals surface area contributed by atoms with Gasteiger partial charge in [-0.2, -0.15) is 5.26 Å². The molecule has 0 aromatic heterocycles. The molecular weight excluding hydrogens is 209 g/mol. The molecule has 1 atom stereocenters. The minimum absolute atomic E-state index is 0.00289. The summed E-state index contributed by atoms with van der Waals surface area (Å²) >= 11 is 16.8. The first-order valence-corrected chi connectivity index (χ1v) is 8.16. The summed E-state index contributed by atoms with van der Waals surface area (Å²) in [5, 5.41) is 8.37. The van der Waals surface area contributed by atoms with Gasteiger partial charge in [-0.15, -0.1) is 33.2 Å². The second-order valence-electron chi connectivity index (χ2n) is 2.18. The SMILES string of the molecule is C[C@@H](C#N)CC[Si](Cl)(Cl)Cl. The predicted octanol–water partition coefficient (Wildman–Crippen LogP) is 3.19. The van der Waals surface area contributed by atoms with Crippen molar-refractivity contribution in [3.8, 4) is 6.07 Å². The first kappa shape index (κ1) is 10.6. The van der Waals surface area contributed by atoms with Gasteiger partial charge in [0.1, 0.15) is 0 Å². The Kier molecular flexibility index (Phi) is 4.71. The molecule has 0 saturated heterocycles. The third kappa shape index (κ3) is 6.69. The second-order valence-corrected chi connectivity index (χ2v) is 11.5. The average molecular weight is 217 g/mol. The lowest BCUT2D eigenvalue weighted by Crippen LogP contribution is -2.09. The topological polar surface area (TPSA) is 23.8 Å². The summed E-state index contributed by atoms with van der Waals surface area (Å²) in [5.41, 5.74) is 0. The number of rotatable bonds is 3. The average Bonchev–Trinajstić information content (AvgIpc) is 1.81. The van der Waals surface area contributed by atoms with Crippen LogP contribution < -0.4 is 0 Å². The van der Waals surface area contributed by atoms with E-state index in [9.17, 15) is 0 Å². The Morgan fingerprint density at radius 3 is 2.30 bits per heavy atom. The zero-order chi connectivity index (χ0) is 8.20. The van der Waals surface area contributed by atoms with Gasteiger partial charge in [-0.25, -0.2) is 0 Å². The van der Waals surface area contributed by atoms with Crippen molar-refractivity contribution >= 4 is 39.2 Å². The van der Waals surface area contributed by atoms with E-state index in [4.69, 9.17) is 38.5 Å².